The van der Waals surface area contributed by atoms with Gasteiger partial charge in [-0.25, -0.2) is 0 Å². The molecule has 0 atom stereocenters. The molecule has 0 aromatic rings. The fraction of sp³-hybridized carbons (Fsp3) is 0.611. The number of amides is 3. The van der Waals surface area contributed by atoms with Crippen molar-refractivity contribution in [3.05, 3.63) is 23.3 Å². The van der Waals surface area contributed by atoms with Gasteiger partial charge < -0.3 is 14.8 Å². The number of hydrogen-bond acceptors (Lipinski definition) is 5. The molecule has 1 heterocycles. The SMILES string of the molecule is C/C=C(/C)CCOCCOCCNC(=O)CCN1C(=O)C=C(C)C1=O. The molecular weight excluding hydrogens is 324 g/mol. The van der Waals surface area contributed by atoms with Crippen LogP contribution in [0.3, 0.4) is 0 Å². The van der Waals surface area contributed by atoms with Crippen molar-refractivity contribution in [2.75, 3.05) is 39.5 Å². The Hall–Kier alpha value is -1.99. The third-order valence-corrected chi connectivity index (χ3v) is 3.83. The van der Waals surface area contributed by atoms with Crippen LogP contribution >= 0.6 is 0 Å². The molecular formula is C18H28N2O5. The number of hydrogen-bond donors (Lipinski definition) is 1. The summed E-state index contributed by atoms with van der Waals surface area (Å²) in [6, 6.07) is 0. The predicted octanol–water partition coefficient (Wildman–Crippen LogP) is 1.20. The van der Waals surface area contributed by atoms with Crippen molar-refractivity contribution in [1.82, 2.24) is 10.2 Å². The Morgan fingerprint density at radius 3 is 2.44 bits per heavy atom. The first-order chi connectivity index (χ1) is 12.0. The molecule has 7 heteroatoms. The summed E-state index contributed by atoms with van der Waals surface area (Å²) in [6.07, 6.45) is 4.36. The Morgan fingerprint density at radius 2 is 1.84 bits per heavy atom. The number of carbonyl (C=O) groups excluding carboxylic acids is 3. The lowest BCUT2D eigenvalue weighted by Gasteiger charge is -2.14. The number of imide groups is 1. The highest BCUT2D eigenvalue weighted by Gasteiger charge is 2.28. The maximum atomic E-state index is 11.7. The molecule has 0 aromatic heterocycles. The van der Waals surface area contributed by atoms with E-state index in [2.05, 4.69) is 18.3 Å². The van der Waals surface area contributed by atoms with E-state index in [0.717, 1.165) is 11.3 Å². The minimum Gasteiger partial charge on any atom is -0.379 e. The van der Waals surface area contributed by atoms with Crippen molar-refractivity contribution in [3.63, 3.8) is 0 Å². The fourth-order valence-corrected chi connectivity index (χ4v) is 2.11. The van der Waals surface area contributed by atoms with Crippen molar-refractivity contribution in [2.45, 2.75) is 33.6 Å². The van der Waals surface area contributed by atoms with Gasteiger partial charge in [0.1, 0.15) is 0 Å². The predicted molar refractivity (Wildman–Crippen MR) is 93.8 cm³/mol. The van der Waals surface area contributed by atoms with Crippen molar-refractivity contribution in [2.24, 2.45) is 0 Å². The van der Waals surface area contributed by atoms with Crippen molar-refractivity contribution >= 4 is 17.7 Å². The van der Waals surface area contributed by atoms with Crippen LogP contribution in [0.15, 0.2) is 23.3 Å². The van der Waals surface area contributed by atoms with Crippen molar-refractivity contribution < 1.29 is 23.9 Å². The lowest BCUT2D eigenvalue weighted by atomic mass is 10.2. The zero-order chi connectivity index (χ0) is 18.7. The van der Waals surface area contributed by atoms with Crippen molar-refractivity contribution in [1.29, 1.82) is 0 Å². The van der Waals surface area contributed by atoms with Crippen LogP contribution in [-0.2, 0) is 23.9 Å². The second-order valence-electron chi connectivity index (χ2n) is 5.83. The zero-order valence-electron chi connectivity index (χ0n) is 15.3. The Kier molecular flexibility index (Phi) is 9.72. The molecule has 0 saturated carbocycles. The molecule has 0 bridgehead atoms. The van der Waals surface area contributed by atoms with Crippen LogP contribution in [0.25, 0.3) is 0 Å². The van der Waals surface area contributed by atoms with Crippen LogP contribution in [0.1, 0.15) is 33.6 Å². The Bertz CT molecular complexity index is 540. The number of rotatable bonds is 12. The van der Waals surface area contributed by atoms with Crippen LogP contribution in [0, 0.1) is 0 Å². The molecule has 25 heavy (non-hydrogen) atoms. The number of nitrogens with one attached hydrogen (secondary N) is 1. The highest BCUT2D eigenvalue weighted by atomic mass is 16.5. The quantitative estimate of drug-likeness (QED) is 0.324. The van der Waals surface area contributed by atoms with Gasteiger partial charge in [-0.1, -0.05) is 11.6 Å². The average Bonchev–Trinajstić information content (AvgIpc) is 2.83. The topological polar surface area (TPSA) is 84.9 Å². The lowest BCUT2D eigenvalue weighted by Crippen LogP contribution is -2.36. The molecule has 0 spiro atoms. The Labute approximate surface area is 149 Å². The third kappa shape index (κ3) is 8.09. The minimum atomic E-state index is -0.358. The monoisotopic (exact) mass is 352 g/mol. The molecule has 7 nitrogen and oxygen atoms in total. The highest BCUT2D eigenvalue weighted by molar-refractivity contribution is 6.15. The summed E-state index contributed by atoms with van der Waals surface area (Å²) < 4.78 is 10.8. The summed E-state index contributed by atoms with van der Waals surface area (Å²) in [5, 5.41) is 2.69. The van der Waals surface area contributed by atoms with Crippen LogP contribution in [-0.4, -0.2) is 62.1 Å². The minimum absolute atomic E-state index is 0.0893. The third-order valence-electron chi connectivity index (χ3n) is 3.83. The number of carbonyl (C=O) groups is 3. The second kappa shape index (κ2) is 11.5. The first-order valence-corrected chi connectivity index (χ1v) is 8.53. The van der Waals surface area contributed by atoms with E-state index in [0.29, 0.717) is 38.5 Å². The van der Waals surface area contributed by atoms with Crippen LogP contribution in [0.4, 0.5) is 0 Å². The molecule has 0 saturated heterocycles. The molecule has 0 fully saturated rings. The molecule has 0 aliphatic carbocycles. The van der Waals surface area contributed by atoms with Gasteiger partial charge in [-0.05, 0) is 27.2 Å². The standard InChI is InChI=1S/C18H28N2O5/c1-4-14(2)6-9-24-11-12-25-10-7-19-16(21)5-8-20-17(22)13-15(3)18(20)23/h4,13H,5-12H2,1-3H3,(H,19,21)/b14-4-. The van der Waals surface area contributed by atoms with E-state index >= 15 is 0 Å². The van der Waals surface area contributed by atoms with Gasteiger partial charge in [0.05, 0.1) is 26.4 Å². The summed E-state index contributed by atoms with van der Waals surface area (Å²) in [6.45, 7) is 8.21. The maximum absolute atomic E-state index is 11.7. The number of ether oxygens (including phenoxy) is 2. The zero-order valence-corrected chi connectivity index (χ0v) is 15.3. The van der Waals surface area contributed by atoms with Crippen LogP contribution in [0.2, 0.25) is 0 Å². The van der Waals surface area contributed by atoms with Crippen LogP contribution < -0.4 is 5.32 Å². The molecule has 0 unspecified atom stereocenters. The van der Waals surface area contributed by atoms with Gasteiger partial charge in [-0.2, -0.15) is 0 Å². The molecule has 1 rings (SSSR count). The summed E-state index contributed by atoms with van der Waals surface area (Å²) in [4.78, 5) is 36.0. The fourth-order valence-electron chi connectivity index (χ4n) is 2.11. The van der Waals surface area contributed by atoms with E-state index < -0.39 is 0 Å². The van der Waals surface area contributed by atoms with E-state index in [1.807, 2.05) is 6.92 Å². The molecule has 1 aliphatic rings. The van der Waals surface area contributed by atoms with Gasteiger partial charge in [0, 0.05) is 31.2 Å². The number of allylic oxidation sites excluding steroid dienone is 1. The maximum Gasteiger partial charge on any atom is 0.256 e. The molecule has 1 N–H and O–H groups in total. The lowest BCUT2D eigenvalue weighted by molar-refractivity contribution is -0.137. The molecule has 0 radical (unpaired) electrons. The van der Waals surface area contributed by atoms with Gasteiger partial charge in [0.25, 0.3) is 11.8 Å². The van der Waals surface area contributed by atoms with E-state index in [1.165, 1.54) is 11.6 Å². The Morgan fingerprint density at radius 1 is 1.16 bits per heavy atom. The molecule has 0 aromatic carbocycles. The second-order valence-corrected chi connectivity index (χ2v) is 5.83. The first-order valence-electron chi connectivity index (χ1n) is 8.53. The van der Waals surface area contributed by atoms with Gasteiger partial charge in [0.15, 0.2) is 0 Å². The van der Waals surface area contributed by atoms with Gasteiger partial charge in [-0.15, -0.1) is 0 Å². The van der Waals surface area contributed by atoms with E-state index in [9.17, 15) is 14.4 Å². The summed E-state index contributed by atoms with van der Waals surface area (Å²) in [5.41, 5.74) is 1.70. The average molecular weight is 352 g/mol. The van der Waals surface area contributed by atoms with E-state index in [4.69, 9.17) is 9.47 Å². The Balaban J connectivity index is 1.97. The summed E-state index contributed by atoms with van der Waals surface area (Å²) in [5.74, 6) is -0.902. The largest absolute Gasteiger partial charge is 0.379 e. The number of nitrogens with zero attached hydrogens (tertiary/aromatic N) is 1. The summed E-state index contributed by atoms with van der Waals surface area (Å²) >= 11 is 0. The van der Waals surface area contributed by atoms with Crippen molar-refractivity contribution in [3.8, 4) is 0 Å². The molecule has 3 amide bonds. The van der Waals surface area contributed by atoms with Gasteiger partial charge >= 0.3 is 0 Å². The van der Waals surface area contributed by atoms with Crippen LogP contribution in [0.5, 0.6) is 0 Å². The smallest absolute Gasteiger partial charge is 0.256 e. The molecule has 1 aliphatic heterocycles. The van der Waals surface area contributed by atoms with E-state index in [-0.39, 0.29) is 30.7 Å². The normalized spacial score (nSPS) is 14.9. The summed E-state index contributed by atoms with van der Waals surface area (Å²) in [7, 11) is 0. The van der Waals surface area contributed by atoms with Gasteiger partial charge in [0.2, 0.25) is 5.91 Å². The molecule has 140 valence electrons. The van der Waals surface area contributed by atoms with Gasteiger partial charge in [-0.3, -0.25) is 19.3 Å². The van der Waals surface area contributed by atoms with E-state index in [1.54, 1.807) is 6.92 Å². The first kappa shape index (κ1) is 21.1. The highest BCUT2D eigenvalue weighted by Crippen LogP contribution is 2.11.